The Balaban J connectivity index is 2.00. The molecule has 1 heterocycles. The molecule has 0 spiro atoms. The molecule has 1 aliphatic heterocycles. The molecule has 1 aromatic rings. The van der Waals surface area contributed by atoms with E-state index in [0.717, 1.165) is 4.90 Å². The number of aryl methyl sites for hydroxylation is 1. The van der Waals surface area contributed by atoms with Crippen molar-refractivity contribution in [2.24, 2.45) is 0 Å². The lowest BCUT2D eigenvalue weighted by atomic mass is 10.1. The number of benzene rings is 1. The first kappa shape index (κ1) is 18.1. The van der Waals surface area contributed by atoms with Crippen molar-refractivity contribution in [3.05, 3.63) is 29.3 Å². The monoisotopic (exact) mass is 344 g/mol. The lowest BCUT2D eigenvalue weighted by Crippen LogP contribution is -2.51. The van der Waals surface area contributed by atoms with Crippen molar-refractivity contribution >= 4 is 11.8 Å². The predicted octanol–water partition coefficient (Wildman–Crippen LogP) is 2.19. The number of para-hydroxylation sites is 1. The Labute approximate surface area is 137 Å². The highest BCUT2D eigenvalue weighted by Gasteiger charge is 2.35. The third-order valence-electron chi connectivity index (χ3n) is 4.00. The van der Waals surface area contributed by atoms with E-state index in [9.17, 15) is 27.9 Å². The van der Waals surface area contributed by atoms with Gasteiger partial charge >= 0.3 is 6.18 Å². The molecular formula is C16H19F3N2O3. The van der Waals surface area contributed by atoms with E-state index in [4.69, 9.17) is 0 Å². The highest BCUT2D eigenvalue weighted by molar-refractivity contribution is 5.97. The van der Waals surface area contributed by atoms with E-state index in [1.165, 1.54) is 11.0 Å². The summed E-state index contributed by atoms with van der Waals surface area (Å²) >= 11 is 0. The SMILES string of the molecule is CCc1cccc(C(=O)N2CCN(C(=O)CC(F)(F)F)CC2)c1O. The first-order valence-corrected chi connectivity index (χ1v) is 7.67. The van der Waals surface area contributed by atoms with Crippen LogP contribution in [0.2, 0.25) is 0 Å². The number of carbonyl (C=O) groups excluding carboxylic acids is 2. The molecule has 1 aliphatic rings. The van der Waals surface area contributed by atoms with Crippen molar-refractivity contribution in [1.82, 2.24) is 9.80 Å². The first-order chi connectivity index (χ1) is 11.2. The molecule has 1 N–H and O–H groups in total. The molecule has 0 unspecified atom stereocenters. The average Bonchev–Trinajstić information content (AvgIpc) is 2.53. The summed E-state index contributed by atoms with van der Waals surface area (Å²) in [6, 6.07) is 4.91. The standard InChI is InChI=1S/C16H19F3N2O3/c1-2-11-4-3-5-12(14(11)23)15(24)21-8-6-20(7-9-21)13(22)10-16(17,18)19/h3-5,23H,2,6-10H2,1H3. The van der Waals surface area contributed by atoms with E-state index in [1.54, 1.807) is 12.1 Å². The predicted molar refractivity (Wildman–Crippen MR) is 80.6 cm³/mol. The van der Waals surface area contributed by atoms with Gasteiger partial charge in [-0.3, -0.25) is 9.59 Å². The fourth-order valence-corrected chi connectivity index (χ4v) is 2.66. The Kier molecular flexibility index (Phi) is 5.36. The Hall–Kier alpha value is -2.25. The van der Waals surface area contributed by atoms with Crippen molar-refractivity contribution in [1.29, 1.82) is 0 Å². The second kappa shape index (κ2) is 7.11. The van der Waals surface area contributed by atoms with Crippen LogP contribution in [0.4, 0.5) is 13.2 Å². The van der Waals surface area contributed by atoms with E-state index >= 15 is 0 Å². The maximum Gasteiger partial charge on any atom is 0.397 e. The van der Waals surface area contributed by atoms with Gasteiger partial charge in [-0.1, -0.05) is 19.1 Å². The number of nitrogens with zero attached hydrogens (tertiary/aromatic N) is 2. The number of phenolic OH excluding ortho intramolecular Hbond substituents is 1. The van der Waals surface area contributed by atoms with Gasteiger partial charge in [0.25, 0.3) is 5.91 Å². The summed E-state index contributed by atoms with van der Waals surface area (Å²) in [6.07, 6.45) is -5.44. The topological polar surface area (TPSA) is 60.9 Å². The smallest absolute Gasteiger partial charge is 0.397 e. The summed E-state index contributed by atoms with van der Waals surface area (Å²) in [6.45, 7) is 2.23. The Morgan fingerprint density at radius 3 is 2.25 bits per heavy atom. The fourth-order valence-electron chi connectivity index (χ4n) is 2.66. The second-order valence-electron chi connectivity index (χ2n) is 5.63. The quantitative estimate of drug-likeness (QED) is 0.914. The molecule has 1 saturated heterocycles. The molecule has 0 aromatic heterocycles. The van der Waals surface area contributed by atoms with Gasteiger partial charge in [-0.05, 0) is 18.1 Å². The zero-order valence-electron chi connectivity index (χ0n) is 13.3. The molecular weight excluding hydrogens is 325 g/mol. The molecule has 1 fully saturated rings. The summed E-state index contributed by atoms with van der Waals surface area (Å²) in [5, 5.41) is 10.1. The molecule has 5 nitrogen and oxygen atoms in total. The van der Waals surface area contributed by atoms with Crippen LogP contribution in [0.3, 0.4) is 0 Å². The molecule has 0 bridgehead atoms. The molecule has 0 saturated carbocycles. The van der Waals surface area contributed by atoms with Crippen molar-refractivity contribution in [2.45, 2.75) is 25.9 Å². The molecule has 0 aliphatic carbocycles. The highest BCUT2D eigenvalue weighted by Crippen LogP contribution is 2.25. The van der Waals surface area contributed by atoms with Crippen LogP contribution < -0.4 is 0 Å². The minimum Gasteiger partial charge on any atom is -0.507 e. The van der Waals surface area contributed by atoms with Crippen LogP contribution in [0.1, 0.15) is 29.3 Å². The summed E-state index contributed by atoms with van der Waals surface area (Å²) in [7, 11) is 0. The minimum atomic E-state index is -4.53. The summed E-state index contributed by atoms with van der Waals surface area (Å²) in [4.78, 5) is 26.6. The van der Waals surface area contributed by atoms with E-state index < -0.39 is 18.5 Å². The molecule has 8 heteroatoms. The molecule has 1 aromatic carbocycles. The summed E-state index contributed by atoms with van der Waals surface area (Å²) in [5.41, 5.74) is 0.823. The average molecular weight is 344 g/mol. The van der Waals surface area contributed by atoms with Gasteiger partial charge in [0.2, 0.25) is 5.91 Å². The number of alkyl halides is 3. The van der Waals surface area contributed by atoms with Crippen molar-refractivity contribution < 1.29 is 27.9 Å². The van der Waals surface area contributed by atoms with Gasteiger partial charge < -0.3 is 14.9 Å². The Morgan fingerprint density at radius 1 is 1.12 bits per heavy atom. The second-order valence-corrected chi connectivity index (χ2v) is 5.63. The van der Waals surface area contributed by atoms with Crippen LogP contribution in [0.15, 0.2) is 18.2 Å². The van der Waals surface area contributed by atoms with Gasteiger partial charge in [-0.15, -0.1) is 0 Å². The summed E-state index contributed by atoms with van der Waals surface area (Å²) < 4.78 is 36.8. The number of aromatic hydroxyl groups is 1. The van der Waals surface area contributed by atoms with Gasteiger partial charge in [-0.25, -0.2) is 0 Å². The number of piperazine rings is 1. The first-order valence-electron chi connectivity index (χ1n) is 7.67. The Morgan fingerprint density at radius 2 is 1.71 bits per heavy atom. The zero-order valence-corrected chi connectivity index (χ0v) is 13.3. The number of halogens is 3. The third-order valence-corrected chi connectivity index (χ3v) is 4.00. The minimum absolute atomic E-state index is 0.0505. The van der Waals surface area contributed by atoms with Gasteiger partial charge in [-0.2, -0.15) is 13.2 Å². The fraction of sp³-hybridized carbons (Fsp3) is 0.500. The number of phenols is 1. The molecule has 2 rings (SSSR count). The van der Waals surface area contributed by atoms with Gasteiger partial charge in [0.05, 0.1) is 5.56 Å². The maximum absolute atomic E-state index is 12.5. The number of hydrogen-bond donors (Lipinski definition) is 1. The third kappa shape index (κ3) is 4.18. The zero-order chi connectivity index (χ0) is 17.9. The molecule has 132 valence electrons. The molecule has 2 amide bonds. The van der Waals surface area contributed by atoms with Crippen LogP contribution in [0.5, 0.6) is 5.75 Å². The van der Waals surface area contributed by atoms with Crippen molar-refractivity contribution in [2.75, 3.05) is 26.2 Å². The van der Waals surface area contributed by atoms with Crippen LogP contribution in [0, 0.1) is 0 Å². The van der Waals surface area contributed by atoms with Crippen LogP contribution in [0.25, 0.3) is 0 Å². The molecule has 0 atom stereocenters. The molecule has 0 radical (unpaired) electrons. The van der Waals surface area contributed by atoms with E-state index in [0.29, 0.717) is 12.0 Å². The normalized spacial score (nSPS) is 15.5. The summed E-state index contributed by atoms with van der Waals surface area (Å²) in [5.74, 6) is -1.43. The highest BCUT2D eigenvalue weighted by atomic mass is 19.4. The lowest BCUT2D eigenvalue weighted by Gasteiger charge is -2.35. The Bertz CT molecular complexity index is 623. The van der Waals surface area contributed by atoms with Gasteiger partial charge in [0.1, 0.15) is 12.2 Å². The largest absolute Gasteiger partial charge is 0.507 e. The number of hydrogen-bond acceptors (Lipinski definition) is 3. The maximum atomic E-state index is 12.5. The number of rotatable bonds is 3. The van der Waals surface area contributed by atoms with Crippen molar-refractivity contribution in [3.8, 4) is 5.75 Å². The van der Waals surface area contributed by atoms with Crippen LogP contribution >= 0.6 is 0 Å². The van der Waals surface area contributed by atoms with Crippen LogP contribution in [-0.4, -0.2) is 59.1 Å². The van der Waals surface area contributed by atoms with E-state index in [2.05, 4.69) is 0 Å². The van der Waals surface area contributed by atoms with Crippen molar-refractivity contribution in [3.63, 3.8) is 0 Å². The van der Waals surface area contributed by atoms with E-state index in [-0.39, 0.29) is 43.4 Å². The molecule has 24 heavy (non-hydrogen) atoms. The van der Waals surface area contributed by atoms with E-state index in [1.807, 2.05) is 6.92 Å². The van der Waals surface area contributed by atoms with Gasteiger partial charge in [0.15, 0.2) is 0 Å². The van der Waals surface area contributed by atoms with Gasteiger partial charge in [0, 0.05) is 26.2 Å². The van der Waals surface area contributed by atoms with Crippen LogP contribution in [-0.2, 0) is 11.2 Å². The lowest BCUT2D eigenvalue weighted by molar-refractivity contribution is -0.162. The number of amides is 2. The number of carbonyl (C=O) groups is 2.